The fraction of sp³-hybridized carbons (Fsp3) is 0.351. The monoisotopic (exact) mass is 575 g/mol. The minimum absolute atomic E-state index is 0.367. The molecule has 6 nitrogen and oxygen atoms in total. The number of aliphatic hydroxyl groups excluding tert-OH is 1. The Morgan fingerprint density at radius 2 is 1.60 bits per heavy atom. The summed E-state index contributed by atoms with van der Waals surface area (Å²) in [4.78, 5) is 6.79. The Morgan fingerprint density at radius 3 is 2.40 bits per heavy atom. The van der Waals surface area contributed by atoms with Crippen molar-refractivity contribution in [1.82, 2.24) is 9.88 Å². The van der Waals surface area contributed by atoms with Gasteiger partial charge in [0, 0.05) is 43.2 Å². The Kier molecular flexibility index (Phi) is 10.4. The highest BCUT2D eigenvalue weighted by molar-refractivity contribution is 5.68. The predicted molar refractivity (Wildman–Crippen MR) is 170 cm³/mol. The number of likely N-dealkylation sites (tertiary alicyclic amines) is 1. The molecule has 0 unspecified atom stereocenters. The third kappa shape index (κ3) is 7.25. The molecule has 0 spiro atoms. The van der Waals surface area contributed by atoms with Gasteiger partial charge in [-0.05, 0) is 91.6 Å². The van der Waals surface area contributed by atoms with E-state index in [1.54, 1.807) is 12.4 Å². The van der Waals surface area contributed by atoms with E-state index in [0.29, 0.717) is 18.8 Å². The van der Waals surface area contributed by atoms with Gasteiger partial charge in [0.2, 0.25) is 0 Å². The fourth-order valence-electron chi connectivity index (χ4n) is 6.28. The second-order valence-electron chi connectivity index (χ2n) is 11.2. The number of aromatic nitrogens is 1. The Morgan fingerprint density at radius 1 is 0.837 bits per heavy atom. The number of rotatable bonds is 9. The molecule has 6 rings (SSSR count). The van der Waals surface area contributed by atoms with Crippen molar-refractivity contribution < 1.29 is 14.6 Å². The normalized spacial score (nSPS) is 14.3. The summed E-state index contributed by atoms with van der Waals surface area (Å²) in [5.74, 6) is 1.83. The van der Waals surface area contributed by atoms with Gasteiger partial charge in [0.05, 0.1) is 5.56 Å². The van der Waals surface area contributed by atoms with Crippen molar-refractivity contribution in [2.24, 2.45) is 0 Å². The molecule has 2 heterocycles. The highest BCUT2D eigenvalue weighted by Crippen LogP contribution is 2.41. The first-order valence-corrected chi connectivity index (χ1v) is 15.3. The lowest BCUT2D eigenvalue weighted by Crippen LogP contribution is -2.29. The first kappa shape index (κ1) is 30.3. The summed E-state index contributed by atoms with van der Waals surface area (Å²) >= 11 is 0. The lowest BCUT2D eigenvalue weighted by atomic mass is 9.96. The lowest BCUT2D eigenvalue weighted by molar-refractivity contribution is 0.214. The third-order valence-electron chi connectivity index (χ3n) is 8.50. The van der Waals surface area contributed by atoms with Gasteiger partial charge in [-0.2, -0.15) is 5.26 Å². The maximum Gasteiger partial charge on any atom is 0.128 e. The maximum absolute atomic E-state index is 9.32. The van der Waals surface area contributed by atoms with Crippen molar-refractivity contribution in [3.05, 3.63) is 112 Å². The van der Waals surface area contributed by atoms with Crippen molar-refractivity contribution in [2.75, 3.05) is 20.2 Å². The van der Waals surface area contributed by atoms with Crippen LogP contribution in [0.4, 0.5) is 0 Å². The molecule has 43 heavy (non-hydrogen) atoms. The van der Waals surface area contributed by atoms with E-state index in [-0.39, 0.29) is 0 Å². The summed E-state index contributed by atoms with van der Waals surface area (Å²) in [6.45, 7) is 6.25. The SMILES string of the molecule is CO.Cc1c(COc2cc(OCc3cncc(C#N)c3)c(CN3CCCCC3)c3c2CCC3)cccc1-c1ccccc1. The molecule has 6 heteroatoms. The van der Waals surface area contributed by atoms with Crippen LogP contribution >= 0.6 is 0 Å². The molecule has 1 aromatic heterocycles. The van der Waals surface area contributed by atoms with Gasteiger partial charge < -0.3 is 14.6 Å². The van der Waals surface area contributed by atoms with E-state index in [9.17, 15) is 5.26 Å². The van der Waals surface area contributed by atoms with Gasteiger partial charge in [-0.15, -0.1) is 0 Å². The van der Waals surface area contributed by atoms with Crippen LogP contribution in [-0.2, 0) is 32.6 Å². The van der Waals surface area contributed by atoms with Crippen molar-refractivity contribution in [2.45, 2.75) is 65.2 Å². The van der Waals surface area contributed by atoms with E-state index >= 15 is 0 Å². The topological polar surface area (TPSA) is 78.6 Å². The minimum Gasteiger partial charge on any atom is -0.488 e. The number of piperidine rings is 1. The van der Waals surface area contributed by atoms with Gasteiger partial charge in [-0.1, -0.05) is 55.0 Å². The Hall–Kier alpha value is -4.18. The summed E-state index contributed by atoms with van der Waals surface area (Å²) in [7, 11) is 1.00. The molecule has 1 aliphatic carbocycles. The number of nitriles is 1. The zero-order chi connectivity index (χ0) is 30.0. The average molecular weight is 576 g/mol. The zero-order valence-corrected chi connectivity index (χ0v) is 25.3. The zero-order valence-electron chi connectivity index (χ0n) is 25.3. The first-order chi connectivity index (χ1) is 21.2. The number of ether oxygens (including phenoxy) is 2. The first-order valence-electron chi connectivity index (χ1n) is 15.3. The van der Waals surface area contributed by atoms with E-state index in [4.69, 9.17) is 14.6 Å². The van der Waals surface area contributed by atoms with Crippen LogP contribution in [0.1, 0.15) is 64.6 Å². The summed E-state index contributed by atoms with van der Waals surface area (Å²) in [6, 6.07) is 23.2. The van der Waals surface area contributed by atoms with Crippen LogP contribution in [-0.4, -0.2) is 35.2 Å². The van der Waals surface area contributed by atoms with Crippen LogP contribution in [0.15, 0.2) is 73.1 Å². The quantitative estimate of drug-likeness (QED) is 0.228. The Labute approximate surface area is 255 Å². The molecule has 1 saturated heterocycles. The maximum atomic E-state index is 9.32. The molecule has 2 aliphatic rings. The second kappa shape index (κ2) is 14.8. The van der Waals surface area contributed by atoms with Gasteiger partial charge >= 0.3 is 0 Å². The molecule has 0 atom stereocenters. The second-order valence-corrected chi connectivity index (χ2v) is 11.2. The number of hydrogen-bond acceptors (Lipinski definition) is 6. The Balaban J connectivity index is 0.00000180. The summed E-state index contributed by atoms with van der Waals surface area (Å²) < 4.78 is 13.2. The number of pyridine rings is 1. The minimum atomic E-state index is 0.367. The number of benzene rings is 3. The highest BCUT2D eigenvalue weighted by atomic mass is 16.5. The molecule has 1 fully saturated rings. The van der Waals surface area contributed by atoms with Crippen LogP contribution in [0.3, 0.4) is 0 Å². The summed E-state index contributed by atoms with van der Waals surface area (Å²) in [6.07, 6.45) is 10.4. The van der Waals surface area contributed by atoms with E-state index in [0.717, 1.165) is 63.1 Å². The van der Waals surface area contributed by atoms with Crippen molar-refractivity contribution >= 4 is 0 Å². The van der Waals surface area contributed by atoms with Crippen molar-refractivity contribution in [3.8, 4) is 28.7 Å². The number of nitrogens with zero attached hydrogens (tertiary/aromatic N) is 3. The molecule has 222 valence electrons. The summed E-state index contributed by atoms with van der Waals surface area (Å²) in [5, 5.41) is 16.3. The Bertz CT molecular complexity index is 1560. The van der Waals surface area contributed by atoms with Crippen molar-refractivity contribution in [1.29, 1.82) is 5.26 Å². The van der Waals surface area contributed by atoms with Crippen LogP contribution in [0.2, 0.25) is 0 Å². The van der Waals surface area contributed by atoms with Crippen LogP contribution in [0, 0.1) is 18.3 Å². The average Bonchev–Trinajstić information content (AvgIpc) is 3.57. The highest BCUT2D eigenvalue weighted by Gasteiger charge is 2.26. The van der Waals surface area contributed by atoms with E-state index in [1.165, 1.54) is 58.2 Å². The van der Waals surface area contributed by atoms with Gasteiger partial charge in [0.25, 0.3) is 0 Å². The van der Waals surface area contributed by atoms with Gasteiger partial charge in [-0.25, -0.2) is 0 Å². The van der Waals surface area contributed by atoms with Gasteiger partial charge in [0.1, 0.15) is 30.8 Å². The van der Waals surface area contributed by atoms with E-state index < -0.39 is 0 Å². The van der Waals surface area contributed by atoms with Crippen LogP contribution < -0.4 is 9.47 Å². The van der Waals surface area contributed by atoms with E-state index in [2.05, 4.69) is 77.5 Å². The third-order valence-corrected chi connectivity index (χ3v) is 8.50. The van der Waals surface area contributed by atoms with Crippen molar-refractivity contribution in [3.63, 3.8) is 0 Å². The lowest BCUT2D eigenvalue weighted by Gasteiger charge is -2.29. The predicted octanol–water partition coefficient (Wildman–Crippen LogP) is 7.17. The van der Waals surface area contributed by atoms with E-state index in [1.807, 2.05) is 6.07 Å². The van der Waals surface area contributed by atoms with Gasteiger partial charge in [0.15, 0.2) is 0 Å². The molecular weight excluding hydrogens is 534 g/mol. The molecular formula is C37H41N3O3. The standard InChI is InChI=1S/C36H37N3O2.CH4O/c1-26-30(12-8-13-31(26)29-10-4-2-5-11-29)25-41-35-19-36(40-24-28-18-27(20-37)21-38-22-28)34(32-14-9-15-33(32)35)23-39-16-6-3-7-17-39;1-2/h2,4-5,8,10-13,18-19,21-22H,3,6-7,9,14-17,23-25H2,1H3;2H,1H3. The number of hydrogen-bond donors (Lipinski definition) is 1. The van der Waals surface area contributed by atoms with Gasteiger partial charge in [-0.3, -0.25) is 9.88 Å². The molecule has 0 radical (unpaired) electrons. The number of aliphatic hydroxyl groups is 1. The molecule has 1 N–H and O–H groups in total. The molecule has 0 amide bonds. The summed E-state index contributed by atoms with van der Waals surface area (Å²) in [5.41, 5.74) is 10.4. The van der Waals surface area contributed by atoms with Crippen LogP contribution in [0.25, 0.3) is 11.1 Å². The smallest absolute Gasteiger partial charge is 0.128 e. The molecule has 1 aliphatic heterocycles. The van der Waals surface area contributed by atoms with Crippen LogP contribution in [0.5, 0.6) is 11.5 Å². The molecule has 0 saturated carbocycles. The largest absolute Gasteiger partial charge is 0.488 e. The molecule has 3 aromatic carbocycles. The molecule has 0 bridgehead atoms. The fourth-order valence-corrected chi connectivity index (χ4v) is 6.28. The molecule has 4 aromatic rings. The number of fused-ring (bicyclic) bond motifs is 1.